The predicted octanol–water partition coefficient (Wildman–Crippen LogP) is 4.28. The van der Waals surface area contributed by atoms with Gasteiger partial charge in [-0.05, 0) is 0 Å². The van der Waals surface area contributed by atoms with Crippen molar-refractivity contribution in [2.45, 2.75) is 0 Å². The third-order valence-corrected chi connectivity index (χ3v) is 31.9. The van der Waals surface area contributed by atoms with Crippen LogP contribution in [0, 0.1) is 41.4 Å². The van der Waals surface area contributed by atoms with Gasteiger partial charge >= 0.3 is 290 Å². The molecule has 6 aromatic carbocycles. The number of hydrogen-bond donors (Lipinski definition) is 0. The van der Waals surface area contributed by atoms with Gasteiger partial charge in [0.1, 0.15) is 0 Å². The molecule has 0 heterocycles. The van der Waals surface area contributed by atoms with E-state index in [0.717, 1.165) is 17.6 Å². The van der Waals surface area contributed by atoms with Crippen molar-refractivity contribution in [2.75, 3.05) is 0 Å². The summed E-state index contributed by atoms with van der Waals surface area (Å²) in [6, 6.07) is 63.1. The molecule has 0 aliphatic rings. The van der Waals surface area contributed by atoms with E-state index >= 15 is 0 Å². The van der Waals surface area contributed by atoms with Crippen LogP contribution in [-0.4, -0.2) is 39.8 Å². The average molecular weight is 779 g/mol. The maximum atomic E-state index is 6.59. The second-order valence-electron chi connectivity index (χ2n) is 11.2. The molecule has 0 aliphatic carbocycles. The van der Waals surface area contributed by atoms with E-state index in [0.29, 0.717) is 0 Å². The maximum absolute atomic E-state index is 6.59. The van der Waals surface area contributed by atoms with Crippen LogP contribution in [0.5, 0.6) is 0 Å². The normalized spacial score (nSPS) is 11.0. The molecule has 0 saturated heterocycles. The molecule has 0 fully saturated rings. The van der Waals surface area contributed by atoms with Crippen LogP contribution in [0.15, 0.2) is 182 Å². The van der Waals surface area contributed by atoms with Crippen molar-refractivity contribution in [3.63, 3.8) is 0 Å². The van der Waals surface area contributed by atoms with E-state index in [-0.39, 0.29) is 0 Å². The summed E-state index contributed by atoms with van der Waals surface area (Å²) in [6.07, 6.45) is 13.2. The van der Waals surface area contributed by atoms with Crippen molar-refractivity contribution in [1.82, 2.24) is 0 Å². The minimum absolute atomic E-state index is 1.14. The van der Waals surface area contributed by atoms with Gasteiger partial charge in [0.25, 0.3) is 0 Å². The van der Waals surface area contributed by atoms with E-state index in [2.05, 4.69) is 186 Å². The number of hydrogen-bond acceptors (Lipinski definition) is 0. The summed E-state index contributed by atoms with van der Waals surface area (Å²) >= 11 is -11.3. The fourth-order valence-corrected chi connectivity index (χ4v) is 30.8. The third kappa shape index (κ3) is 6.43. The molecule has 0 aliphatic heterocycles. The second-order valence-corrected chi connectivity index (χ2v) is 31.3. The molecular weight excluding hydrogens is 746 g/mol. The van der Waals surface area contributed by atoms with Crippen LogP contribution in [0.3, 0.4) is 0 Å². The standard InChI is InChI=1S/C44H32Ge3/c1-3-45(39-23-11-5-12-24-39,40-25-13-6-14-26-40)35-37-47(43-31-19-9-20-32-43,44-33-21-10-22-34-44)38-36-46(4-2,41-27-15-7-16-28-41)42-29-17-8-18-30-42/h1-2,5-34H. The quantitative estimate of drug-likeness (QED) is 0.175. The van der Waals surface area contributed by atoms with Crippen LogP contribution >= 0.6 is 0 Å². The fourth-order valence-electron chi connectivity index (χ4n) is 6.02. The van der Waals surface area contributed by atoms with Crippen LogP contribution < -0.4 is 26.4 Å². The Morgan fingerprint density at radius 3 is 0.617 bits per heavy atom. The molecule has 6 rings (SSSR count). The zero-order valence-electron chi connectivity index (χ0n) is 26.0. The van der Waals surface area contributed by atoms with Crippen LogP contribution in [0.2, 0.25) is 0 Å². The molecular formula is C44H32Ge3. The van der Waals surface area contributed by atoms with Gasteiger partial charge in [-0.1, -0.05) is 0 Å². The Bertz CT molecular complexity index is 1900. The van der Waals surface area contributed by atoms with Crippen molar-refractivity contribution >= 4 is 66.2 Å². The third-order valence-electron chi connectivity index (χ3n) is 8.55. The topological polar surface area (TPSA) is 0 Å². The van der Waals surface area contributed by atoms with Crippen molar-refractivity contribution in [1.29, 1.82) is 0 Å². The summed E-state index contributed by atoms with van der Waals surface area (Å²) < 4.78 is 29.5. The van der Waals surface area contributed by atoms with Gasteiger partial charge in [0, 0.05) is 0 Å². The van der Waals surface area contributed by atoms with Crippen LogP contribution in [0.1, 0.15) is 0 Å². The van der Waals surface area contributed by atoms with E-state index in [1.54, 1.807) is 0 Å². The number of terminal acetylenes is 2. The number of benzene rings is 6. The van der Waals surface area contributed by atoms with E-state index in [9.17, 15) is 0 Å². The molecule has 0 saturated carbocycles. The summed E-state index contributed by atoms with van der Waals surface area (Å²) in [6.45, 7) is 0. The average Bonchev–Trinajstić information content (AvgIpc) is 3.17. The first-order chi connectivity index (χ1) is 23.2. The Morgan fingerprint density at radius 2 is 0.426 bits per heavy atom. The molecule has 0 unspecified atom stereocenters. The van der Waals surface area contributed by atoms with Gasteiger partial charge < -0.3 is 0 Å². The van der Waals surface area contributed by atoms with Gasteiger partial charge in [0.05, 0.1) is 0 Å². The van der Waals surface area contributed by atoms with Gasteiger partial charge in [0.2, 0.25) is 0 Å². The molecule has 0 bridgehead atoms. The van der Waals surface area contributed by atoms with E-state index in [4.69, 9.17) is 12.8 Å². The van der Waals surface area contributed by atoms with Gasteiger partial charge in [-0.2, -0.15) is 0 Å². The van der Waals surface area contributed by atoms with Crippen LogP contribution in [0.4, 0.5) is 0 Å². The van der Waals surface area contributed by atoms with Crippen molar-refractivity contribution in [3.05, 3.63) is 182 Å². The Labute approximate surface area is 287 Å². The Kier molecular flexibility index (Phi) is 10.1. The molecule has 47 heavy (non-hydrogen) atoms. The molecule has 3 heteroatoms. The van der Waals surface area contributed by atoms with Gasteiger partial charge in [-0.25, -0.2) is 0 Å². The Balaban J connectivity index is 1.72. The molecule has 0 atom stereocenters. The Hall–Kier alpha value is -4.81. The van der Waals surface area contributed by atoms with Crippen LogP contribution in [-0.2, 0) is 0 Å². The molecule has 220 valence electrons. The SMILES string of the molecule is C#[C][Ge]([C]#[C][Ge]([C]#[C][Ge]([C]#C)([c]1ccccc1)[c]1ccccc1)([c]1ccccc1)[c]1ccccc1)([c]1ccccc1)[c]1ccccc1. The van der Waals surface area contributed by atoms with E-state index in [1.165, 1.54) is 8.79 Å². The van der Waals surface area contributed by atoms with Crippen molar-refractivity contribution < 1.29 is 0 Å². The first kappa shape index (κ1) is 32.1. The summed E-state index contributed by atoms with van der Waals surface area (Å²) in [5, 5.41) is 0. The molecule has 0 N–H and O–H groups in total. The van der Waals surface area contributed by atoms with E-state index in [1.807, 2.05) is 24.3 Å². The molecule has 0 radical (unpaired) electrons. The predicted molar refractivity (Wildman–Crippen MR) is 207 cm³/mol. The number of rotatable bonds is 6. The van der Waals surface area contributed by atoms with Crippen molar-refractivity contribution in [3.8, 4) is 41.4 Å². The summed E-state index contributed by atoms with van der Waals surface area (Å²) in [4.78, 5) is 0. The zero-order valence-corrected chi connectivity index (χ0v) is 32.3. The first-order valence-corrected chi connectivity index (χ1v) is 28.1. The van der Waals surface area contributed by atoms with Gasteiger partial charge in [0.15, 0.2) is 0 Å². The zero-order chi connectivity index (χ0) is 32.4. The van der Waals surface area contributed by atoms with Gasteiger partial charge in [-0.15, -0.1) is 0 Å². The molecule has 0 aromatic heterocycles. The van der Waals surface area contributed by atoms with Gasteiger partial charge in [-0.3, -0.25) is 0 Å². The van der Waals surface area contributed by atoms with E-state index < -0.39 is 39.8 Å². The summed E-state index contributed by atoms with van der Waals surface area (Å²) in [7, 11) is 0. The molecule has 0 spiro atoms. The minimum atomic E-state index is -3.90. The molecule has 0 nitrogen and oxygen atoms in total. The summed E-state index contributed by atoms with van der Waals surface area (Å²) in [5.41, 5.74) is 0. The fraction of sp³-hybridized carbons (Fsp3) is 0. The summed E-state index contributed by atoms with van der Waals surface area (Å²) in [5.74, 6) is 0. The molecule has 6 aromatic rings. The van der Waals surface area contributed by atoms with Crippen LogP contribution in [0.25, 0.3) is 0 Å². The first-order valence-electron chi connectivity index (χ1n) is 15.5. The molecule has 0 amide bonds. The monoisotopic (exact) mass is 782 g/mol. The van der Waals surface area contributed by atoms with Crippen molar-refractivity contribution in [2.24, 2.45) is 0 Å². The second kappa shape index (κ2) is 14.7. The Morgan fingerprint density at radius 1 is 0.255 bits per heavy atom.